The third-order valence-electron chi connectivity index (χ3n) is 4.99. The Kier molecular flexibility index (Phi) is 7.81. The number of likely N-dealkylation sites (N-methyl/N-ethyl adjacent to an activating group) is 1. The van der Waals surface area contributed by atoms with Gasteiger partial charge in [-0.25, -0.2) is 0 Å². The lowest BCUT2D eigenvalue weighted by molar-refractivity contribution is 0.0766. The van der Waals surface area contributed by atoms with E-state index in [-0.39, 0.29) is 5.91 Å². The Hall–Kier alpha value is -2.46. The molecule has 2 heterocycles. The number of hydrogen-bond donors (Lipinski definition) is 0. The van der Waals surface area contributed by atoms with Crippen LogP contribution in [0.5, 0.6) is 17.2 Å². The largest absolute Gasteiger partial charge is 0.496 e. The van der Waals surface area contributed by atoms with Crippen LogP contribution in [0.4, 0.5) is 0 Å². The van der Waals surface area contributed by atoms with E-state index in [1.54, 1.807) is 32.2 Å². The van der Waals surface area contributed by atoms with Gasteiger partial charge in [-0.05, 0) is 13.1 Å². The molecule has 2 aromatic rings. The summed E-state index contributed by atoms with van der Waals surface area (Å²) < 4.78 is 18.0. The predicted octanol–water partition coefficient (Wildman–Crippen LogP) is 1.62. The number of ether oxygens (including phenoxy) is 3. The fourth-order valence-electron chi connectivity index (χ4n) is 3.29. The van der Waals surface area contributed by atoms with Crippen LogP contribution in [0.1, 0.15) is 16.1 Å². The van der Waals surface area contributed by atoms with E-state index in [2.05, 4.69) is 15.2 Å². The highest BCUT2D eigenvalue weighted by atomic mass is 32.2. The maximum atomic E-state index is 12.5. The minimum atomic E-state index is -0.0371. The zero-order valence-corrected chi connectivity index (χ0v) is 18.8. The molecule has 1 aromatic heterocycles. The van der Waals surface area contributed by atoms with E-state index in [1.165, 1.54) is 0 Å². The van der Waals surface area contributed by atoms with Gasteiger partial charge in [0.05, 0.1) is 34.1 Å². The normalized spacial score (nSPS) is 14.1. The number of rotatable bonds is 9. The van der Waals surface area contributed by atoms with Gasteiger partial charge in [0.25, 0.3) is 5.91 Å². The van der Waals surface area contributed by atoms with E-state index in [1.807, 2.05) is 35.8 Å². The molecule has 0 spiro atoms. The van der Waals surface area contributed by atoms with Crippen LogP contribution in [-0.2, 0) is 13.1 Å². The molecule has 1 aromatic carbocycles. The number of benzene rings is 1. The van der Waals surface area contributed by atoms with Gasteiger partial charge in [-0.2, -0.15) is 11.8 Å². The summed E-state index contributed by atoms with van der Waals surface area (Å²) in [5.74, 6) is 3.96. The van der Waals surface area contributed by atoms with Crippen LogP contribution in [0.15, 0.2) is 18.3 Å². The molecule has 10 heteroatoms. The molecule has 1 fully saturated rings. The van der Waals surface area contributed by atoms with Crippen LogP contribution >= 0.6 is 11.8 Å². The van der Waals surface area contributed by atoms with Crippen molar-refractivity contribution in [2.45, 2.75) is 13.1 Å². The summed E-state index contributed by atoms with van der Waals surface area (Å²) in [5, 5.41) is 8.19. The topological polar surface area (TPSA) is 82.0 Å². The third kappa shape index (κ3) is 5.37. The van der Waals surface area contributed by atoms with Crippen molar-refractivity contribution < 1.29 is 19.0 Å². The molecule has 0 atom stereocenters. The van der Waals surface area contributed by atoms with Gasteiger partial charge >= 0.3 is 0 Å². The number of methoxy groups -OCH3 is 3. The number of carbonyl (C=O) groups excluding carboxylic acids is 1. The summed E-state index contributed by atoms with van der Waals surface area (Å²) in [5.41, 5.74) is 1.40. The number of hydrogen-bond acceptors (Lipinski definition) is 8. The summed E-state index contributed by atoms with van der Waals surface area (Å²) in [7, 11) is 6.87. The van der Waals surface area contributed by atoms with Gasteiger partial charge in [0.2, 0.25) is 0 Å². The van der Waals surface area contributed by atoms with Crippen LogP contribution < -0.4 is 14.2 Å². The monoisotopic (exact) mass is 435 g/mol. The van der Waals surface area contributed by atoms with E-state index in [0.29, 0.717) is 30.3 Å². The lowest BCUT2D eigenvalue weighted by atomic mass is 10.1. The number of thioether (sulfide) groups is 1. The van der Waals surface area contributed by atoms with Crippen molar-refractivity contribution in [3.8, 4) is 17.2 Å². The first-order chi connectivity index (χ1) is 14.5. The van der Waals surface area contributed by atoms with Crippen molar-refractivity contribution in [3.05, 3.63) is 29.6 Å². The highest BCUT2D eigenvalue weighted by Gasteiger charge is 2.21. The third-order valence-corrected chi connectivity index (χ3v) is 5.94. The maximum Gasteiger partial charge on any atom is 0.276 e. The molecular formula is C20H29N5O4S. The summed E-state index contributed by atoms with van der Waals surface area (Å²) in [6.07, 6.45) is 1.73. The first-order valence-corrected chi connectivity index (χ1v) is 11.0. The smallest absolute Gasteiger partial charge is 0.276 e. The van der Waals surface area contributed by atoms with Gasteiger partial charge in [0, 0.05) is 49.3 Å². The zero-order valence-electron chi connectivity index (χ0n) is 18.0. The minimum Gasteiger partial charge on any atom is -0.496 e. The second kappa shape index (κ2) is 10.5. The van der Waals surface area contributed by atoms with Gasteiger partial charge < -0.3 is 24.0 Å². The van der Waals surface area contributed by atoms with E-state index in [4.69, 9.17) is 14.2 Å². The molecule has 0 saturated carbocycles. The summed E-state index contributed by atoms with van der Waals surface area (Å²) in [4.78, 5) is 16.5. The molecule has 0 N–H and O–H groups in total. The second-order valence-corrected chi connectivity index (χ2v) is 8.25. The predicted molar refractivity (Wildman–Crippen MR) is 116 cm³/mol. The number of nitrogens with zero attached hydrogens (tertiary/aromatic N) is 5. The number of aromatic nitrogens is 3. The van der Waals surface area contributed by atoms with Crippen LogP contribution in [0.3, 0.4) is 0 Å². The van der Waals surface area contributed by atoms with Crippen LogP contribution in [-0.4, -0.2) is 90.2 Å². The molecule has 1 amide bonds. The Morgan fingerprint density at radius 1 is 1.10 bits per heavy atom. The summed E-state index contributed by atoms with van der Waals surface area (Å²) >= 11 is 1.87. The van der Waals surface area contributed by atoms with Crippen molar-refractivity contribution in [2.75, 3.05) is 59.5 Å². The van der Waals surface area contributed by atoms with E-state index >= 15 is 0 Å². The lowest BCUT2D eigenvalue weighted by Gasteiger charge is -2.25. The molecular weight excluding hydrogens is 406 g/mol. The van der Waals surface area contributed by atoms with Gasteiger partial charge in [-0.15, -0.1) is 5.10 Å². The average Bonchev–Trinajstić information content (AvgIpc) is 3.26. The molecule has 3 rings (SSSR count). The van der Waals surface area contributed by atoms with Gasteiger partial charge in [0.1, 0.15) is 5.75 Å². The van der Waals surface area contributed by atoms with Crippen molar-refractivity contribution in [3.63, 3.8) is 0 Å². The van der Waals surface area contributed by atoms with Crippen molar-refractivity contribution >= 4 is 17.7 Å². The minimum absolute atomic E-state index is 0.0371. The van der Waals surface area contributed by atoms with E-state index in [0.717, 1.165) is 42.5 Å². The summed E-state index contributed by atoms with van der Waals surface area (Å²) in [6.45, 7) is 3.56. The molecule has 1 aliphatic rings. The maximum absolute atomic E-state index is 12.5. The van der Waals surface area contributed by atoms with Gasteiger partial charge in [-0.3, -0.25) is 9.48 Å². The average molecular weight is 436 g/mol. The fourth-order valence-corrected chi connectivity index (χ4v) is 4.20. The second-order valence-electron chi connectivity index (χ2n) is 7.03. The first-order valence-electron chi connectivity index (χ1n) is 9.80. The van der Waals surface area contributed by atoms with Gasteiger partial charge in [0.15, 0.2) is 17.2 Å². The van der Waals surface area contributed by atoms with E-state index < -0.39 is 0 Å². The quantitative estimate of drug-likeness (QED) is 0.588. The first kappa shape index (κ1) is 22.2. The Balaban J connectivity index is 1.58. The Morgan fingerprint density at radius 2 is 1.77 bits per heavy atom. The molecule has 0 unspecified atom stereocenters. The highest BCUT2D eigenvalue weighted by Crippen LogP contribution is 2.35. The molecule has 0 bridgehead atoms. The standard InChI is InChI=1S/C20H29N5O4S/c1-23(13-15-11-18(28-3)19(29-4)12-17(15)27-2)5-6-25-14-16(21-22-25)20(26)24-7-9-30-10-8-24/h11-12,14H,5-10,13H2,1-4H3. The molecule has 1 aliphatic heterocycles. The number of carbonyl (C=O) groups is 1. The van der Waals surface area contributed by atoms with Crippen LogP contribution in [0.2, 0.25) is 0 Å². The Labute approximate surface area is 181 Å². The van der Waals surface area contributed by atoms with Gasteiger partial charge in [-0.1, -0.05) is 5.21 Å². The zero-order chi connectivity index (χ0) is 21.5. The Morgan fingerprint density at radius 3 is 2.43 bits per heavy atom. The highest BCUT2D eigenvalue weighted by molar-refractivity contribution is 7.99. The molecule has 9 nitrogen and oxygen atoms in total. The van der Waals surface area contributed by atoms with Crippen molar-refractivity contribution in [1.82, 2.24) is 24.8 Å². The van der Waals surface area contributed by atoms with Crippen molar-refractivity contribution in [2.24, 2.45) is 0 Å². The number of amides is 1. The van der Waals surface area contributed by atoms with Crippen molar-refractivity contribution in [1.29, 1.82) is 0 Å². The SMILES string of the molecule is COc1cc(OC)c(OC)cc1CN(C)CCn1cc(C(=O)N2CCSCC2)nn1. The molecule has 0 aliphatic carbocycles. The summed E-state index contributed by atoms with van der Waals surface area (Å²) in [6, 6.07) is 3.76. The fraction of sp³-hybridized carbons (Fsp3) is 0.550. The molecule has 164 valence electrons. The van der Waals surface area contributed by atoms with Crippen LogP contribution in [0.25, 0.3) is 0 Å². The van der Waals surface area contributed by atoms with E-state index in [9.17, 15) is 4.79 Å². The molecule has 30 heavy (non-hydrogen) atoms. The van der Waals surface area contributed by atoms with Crippen LogP contribution in [0, 0.1) is 0 Å². The molecule has 1 saturated heterocycles. The molecule has 0 radical (unpaired) electrons. The lowest BCUT2D eigenvalue weighted by Crippen LogP contribution is -2.38. The Bertz CT molecular complexity index is 854.